The predicted molar refractivity (Wildman–Crippen MR) is 70.5 cm³/mol. The van der Waals surface area contributed by atoms with Crippen molar-refractivity contribution in [2.75, 3.05) is 5.73 Å². The topological polar surface area (TPSA) is 94.0 Å². The molecule has 19 heavy (non-hydrogen) atoms. The highest BCUT2D eigenvalue weighted by molar-refractivity contribution is 5.96. The molecule has 1 unspecified atom stereocenters. The molecule has 0 aliphatic carbocycles. The van der Waals surface area contributed by atoms with Crippen LogP contribution in [0, 0.1) is 13.8 Å². The summed E-state index contributed by atoms with van der Waals surface area (Å²) in [6.07, 6.45) is 0. The van der Waals surface area contributed by atoms with Crippen LogP contribution < -0.4 is 11.1 Å². The summed E-state index contributed by atoms with van der Waals surface area (Å²) >= 11 is 0. The van der Waals surface area contributed by atoms with Crippen LogP contribution >= 0.6 is 0 Å². The van der Waals surface area contributed by atoms with E-state index in [0.717, 1.165) is 16.7 Å². The second-order valence-electron chi connectivity index (χ2n) is 4.55. The van der Waals surface area contributed by atoms with Crippen molar-refractivity contribution in [3.05, 3.63) is 40.6 Å². The van der Waals surface area contributed by atoms with Crippen LogP contribution in [0.4, 0.5) is 5.82 Å². The molecule has 2 rings (SSSR count). The van der Waals surface area contributed by atoms with Crippen LogP contribution in [0.15, 0.2) is 22.8 Å². The average molecular weight is 260 g/mol. The van der Waals surface area contributed by atoms with Crippen molar-refractivity contribution in [1.29, 1.82) is 0 Å². The molecule has 0 spiro atoms. The number of carbonyl (C=O) groups excluding carboxylic acids is 1. The van der Waals surface area contributed by atoms with Crippen LogP contribution in [0.25, 0.3) is 0 Å². The lowest BCUT2D eigenvalue weighted by Crippen LogP contribution is -2.28. The maximum atomic E-state index is 12.0. The highest BCUT2D eigenvalue weighted by atomic mass is 16.6. The van der Waals surface area contributed by atoms with Crippen LogP contribution in [-0.4, -0.2) is 16.2 Å². The first-order valence-electron chi connectivity index (χ1n) is 5.95. The first-order valence-corrected chi connectivity index (χ1v) is 5.95. The minimum absolute atomic E-state index is 0.00864. The van der Waals surface area contributed by atoms with E-state index in [1.165, 1.54) is 0 Å². The molecular formula is C13H16N4O2. The number of nitrogens with two attached hydrogens (primary N) is 1. The number of benzene rings is 1. The molecule has 0 saturated carbocycles. The van der Waals surface area contributed by atoms with Crippen molar-refractivity contribution >= 4 is 11.7 Å². The molecule has 1 aromatic heterocycles. The number of aryl methyl sites for hydroxylation is 2. The fraction of sp³-hybridized carbons (Fsp3) is 0.308. The number of amides is 1. The Balaban J connectivity index is 2.17. The first kappa shape index (κ1) is 13.1. The van der Waals surface area contributed by atoms with Gasteiger partial charge in [-0.1, -0.05) is 23.8 Å². The highest BCUT2D eigenvalue weighted by Gasteiger charge is 2.19. The van der Waals surface area contributed by atoms with Gasteiger partial charge in [-0.25, -0.2) is 4.63 Å². The number of anilines is 1. The van der Waals surface area contributed by atoms with Gasteiger partial charge in [0.15, 0.2) is 0 Å². The zero-order chi connectivity index (χ0) is 14.0. The van der Waals surface area contributed by atoms with Gasteiger partial charge in [-0.3, -0.25) is 4.79 Å². The molecule has 2 aromatic rings. The zero-order valence-electron chi connectivity index (χ0n) is 11.1. The van der Waals surface area contributed by atoms with Gasteiger partial charge < -0.3 is 11.1 Å². The Hall–Kier alpha value is -2.37. The van der Waals surface area contributed by atoms with E-state index >= 15 is 0 Å². The van der Waals surface area contributed by atoms with Crippen molar-refractivity contribution in [2.45, 2.75) is 26.8 Å². The molecule has 1 amide bonds. The standard InChI is InChI=1S/C13H16N4O2/c1-7-4-5-8(2)10(6-7)9(3)15-13(18)11-12(14)17-19-16-11/h4-6,9H,1-3H3,(H2,14,17)(H,15,18). The maximum absolute atomic E-state index is 12.0. The molecule has 1 aromatic carbocycles. The summed E-state index contributed by atoms with van der Waals surface area (Å²) in [4.78, 5) is 12.0. The van der Waals surface area contributed by atoms with E-state index in [4.69, 9.17) is 5.73 Å². The van der Waals surface area contributed by atoms with Crippen LogP contribution in [-0.2, 0) is 0 Å². The lowest BCUT2D eigenvalue weighted by molar-refractivity contribution is 0.0930. The summed E-state index contributed by atoms with van der Waals surface area (Å²) in [7, 11) is 0. The fourth-order valence-corrected chi connectivity index (χ4v) is 1.92. The molecular weight excluding hydrogens is 244 g/mol. The summed E-state index contributed by atoms with van der Waals surface area (Å²) in [5, 5.41) is 9.69. The minimum Gasteiger partial charge on any atom is -0.379 e. The number of nitrogens with zero attached hydrogens (tertiary/aromatic N) is 2. The third-order valence-electron chi connectivity index (χ3n) is 2.98. The third kappa shape index (κ3) is 2.73. The van der Waals surface area contributed by atoms with Crippen LogP contribution in [0.3, 0.4) is 0 Å². The van der Waals surface area contributed by atoms with Crippen molar-refractivity contribution in [1.82, 2.24) is 15.6 Å². The van der Waals surface area contributed by atoms with Crippen molar-refractivity contribution in [3.8, 4) is 0 Å². The van der Waals surface area contributed by atoms with Gasteiger partial charge in [-0.2, -0.15) is 0 Å². The Morgan fingerprint density at radius 3 is 2.74 bits per heavy atom. The molecule has 0 radical (unpaired) electrons. The average Bonchev–Trinajstić information content (AvgIpc) is 2.78. The van der Waals surface area contributed by atoms with Gasteiger partial charge in [0.1, 0.15) is 0 Å². The smallest absolute Gasteiger partial charge is 0.277 e. The van der Waals surface area contributed by atoms with Gasteiger partial charge in [-0.05, 0) is 42.2 Å². The van der Waals surface area contributed by atoms with Gasteiger partial charge in [0, 0.05) is 0 Å². The lowest BCUT2D eigenvalue weighted by atomic mass is 10.00. The number of aromatic nitrogens is 2. The number of hydrogen-bond donors (Lipinski definition) is 2. The Morgan fingerprint density at radius 1 is 1.37 bits per heavy atom. The van der Waals surface area contributed by atoms with E-state index in [-0.39, 0.29) is 17.6 Å². The molecule has 6 heteroatoms. The maximum Gasteiger partial charge on any atom is 0.277 e. The molecule has 0 bridgehead atoms. The van der Waals surface area contributed by atoms with E-state index in [1.54, 1.807) is 0 Å². The number of carbonyl (C=O) groups is 1. The van der Waals surface area contributed by atoms with Crippen LogP contribution in [0.1, 0.15) is 40.1 Å². The van der Waals surface area contributed by atoms with Gasteiger partial charge in [0.25, 0.3) is 5.91 Å². The number of nitrogen functional groups attached to an aromatic ring is 1. The summed E-state index contributed by atoms with van der Waals surface area (Å²) in [5.41, 5.74) is 8.81. The van der Waals surface area contributed by atoms with E-state index in [0.29, 0.717) is 0 Å². The minimum atomic E-state index is -0.396. The molecule has 0 saturated heterocycles. The number of rotatable bonds is 3. The first-order chi connectivity index (χ1) is 8.99. The van der Waals surface area contributed by atoms with E-state index in [2.05, 4.69) is 20.3 Å². The summed E-state index contributed by atoms with van der Waals surface area (Å²) in [6, 6.07) is 5.96. The Kier molecular flexibility index (Phi) is 3.50. The van der Waals surface area contributed by atoms with E-state index in [9.17, 15) is 4.79 Å². The van der Waals surface area contributed by atoms with Gasteiger partial charge in [-0.15, -0.1) is 0 Å². The van der Waals surface area contributed by atoms with Crippen LogP contribution in [0.5, 0.6) is 0 Å². The molecule has 1 atom stereocenters. The van der Waals surface area contributed by atoms with Crippen molar-refractivity contribution in [2.24, 2.45) is 0 Å². The molecule has 100 valence electrons. The number of nitrogens with one attached hydrogen (secondary N) is 1. The molecule has 0 aliphatic heterocycles. The van der Waals surface area contributed by atoms with Crippen LogP contribution in [0.2, 0.25) is 0 Å². The quantitative estimate of drug-likeness (QED) is 0.876. The molecule has 0 aliphatic rings. The second-order valence-corrected chi connectivity index (χ2v) is 4.55. The zero-order valence-corrected chi connectivity index (χ0v) is 11.1. The monoisotopic (exact) mass is 260 g/mol. The van der Waals surface area contributed by atoms with Gasteiger partial charge >= 0.3 is 0 Å². The Bertz CT molecular complexity index is 606. The highest BCUT2D eigenvalue weighted by Crippen LogP contribution is 2.19. The predicted octanol–water partition coefficient (Wildman–Crippen LogP) is 1.76. The fourth-order valence-electron chi connectivity index (χ4n) is 1.92. The summed E-state index contributed by atoms with van der Waals surface area (Å²) < 4.78 is 4.41. The molecule has 1 heterocycles. The third-order valence-corrected chi connectivity index (χ3v) is 2.98. The van der Waals surface area contributed by atoms with Crippen molar-refractivity contribution < 1.29 is 9.42 Å². The molecule has 6 nitrogen and oxygen atoms in total. The van der Waals surface area contributed by atoms with E-state index in [1.807, 2.05) is 39.0 Å². The SMILES string of the molecule is Cc1ccc(C)c(C(C)NC(=O)c2nonc2N)c1. The molecule has 3 N–H and O–H groups in total. The Morgan fingerprint density at radius 2 is 2.11 bits per heavy atom. The van der Waals surface area contributed by atoms with E-state index < -0.39 is 5.91 Å². The summed E-state index contributed by atoms with van der Waals surface area (Å²) in [5.74, 6) is -0.405. The Labute approximate surface area is 111 Å². The molecule has 0 fully saturated rings. The largest absolute Gasteiger partial charge is 0.379 e. The second kappa shape index (κ2) is 5.09. The van der Waals surface area contributed by atoms with Crippen molar-refractivity contribution in [3.63, 3.8) is 0 Å². The summed E-state index contributed by atoms with van der Waals surface area (Å²) in [6.45, 7) is 5.92. The normalized spacial score (nSPS) is 12.2. The number of hydrogen-bond acceptors (Lipinski definition) is 5. The lowest BCUT2D eigenvalue weighted by Gasteiger charge is -2.16. The van der Waals surface area contributed by atoms with Gasteiger partial charge in [0.2, 0.25) is 11.5 Å². The van der Waals surface area contributed by atoms with Gasteiger partial charge in [0.05, 0.1) is 6.04 Å².